The van der Waals surface area contributed by atoms with E-state index >= 15 is 0 Å². The normalized spacial score (nSPS) is 29.9. The Morgan fingerprint density at radius 3 is 2.59 bits per heavy atom. The highest BCUT2D eigenvalue weighted by atomic mass is 16.3. The minimum atomic E-state index is 0.141. The van der Waals surface area contributed by atoms with Gasteiger partial charge in [0.1, 0.15) is 0 Å². The molecule has 4 nitrogen and oxygen atoms in total. The van der Waals surface area contributed by atoms with E-state index in [1.54, 1.807) is 0 Å². The molecule has 2 fully saturated rings. The summed E-state index contributed by atoms with van der Waals surface area (Å²) in [5.74, 6) is 0.390. The maximum Gasteiger partial charge on any atom is 0.223 e. The molecular weight excluding hydrogens is 216 g/mol. The van der Waals surface area contributed by atoms with Gasteiger partial charge in [-0.3, -0.25) is 4.79 Å². The van der Waals surface area contributed by atoms with Crippen LogP contribution in [0.25, 0.3) is 0 Å². The predicted molar refractivity (Wildman–Crippen MR) is 66.6 cm³/mol. The molecule has 0 saturated carbocycles. The van der Waals surface area contributed by atoms with Crippen molar-refractivity contribution < 1.29 is 9.90 Å². The van der Waals surface area contributed by atoms with Gasteiger partial charge in [0.2, 0.25) is 5.91 Å². The molecule has 1 atom stereocenters. The van der Waals surface area contributed by atoms with Crippen molar-refractivity contribution in [3.8, 4) is 0 Å². The largest absolute Gasteiger partial charge is 0.396 e. The average Bonchev–Trinajstić information content (AvgIpc) is 2.64. The van der Waals surface area contributed by atoms with Gasteiger partial charge in [0.15, 0.2) is 0 Å². The highest BCUT2D eigenvalue weighted by molar-refractivity contribution is 5.78. The van der Waals surface area contributed by atoms with Crippen molar-refractivity contribution in [3.63, 3.8) is 0 Å². The molecule has 0 aromatic heterocycles. The van der Waals surface area contributed by atoms with Crippen LogP contribution in [-0.4, -0.2) is 60.6 Å². The van der Waals surface area contributed by atoms with E-state index in [1.807, 2.05) is 4.90 Å². The fraction of sp³-hybridized carbons (Fsp3) is 0.923. The quantitative estimate of drug-likeness (QED) is 0.784. The summed E-state index contributed by atoms with van der Waals surface area (Å²) in [4.78, 5) is 16.1. The Bertz CT molecular complexity index is 285. The maximum absolute atomic E-state index is 11.8. The van der Waals surface area contributed by atoms with E-state index in [1.165, 1.54) is 0 Å². The Labute approximate surface area is 104 Å². The molecule has 0 aromatic carbocycles. The van der Waals surface area contributed by atoms with Crippen LogP contribution in [-0.2, 0) is 4.79 Å². The van der Waals surface area contributed by atoms with Crippen molar-refractivity contribution in [2.45, 2.75) is 26.2 Å². The zero-order valence-corrected chi connectivity index (χ0v) is 11.0. The number of aliphatic hydroxyl groups excluding tert-OH is 1. The minimum absolute atomic E-state index is 0.141. The molecule has 0 spiro atoms. The number of amides is 1. The number of hydrogen-bond acceptors (Lipinski definition) is 3. The molecule has 2 saturated heterocycles. The molecule has 98 valence electrons. The Balaban J connectivity index is 1.90. The van der Waals surface area contributed by atoms with Gasteiger partial charge in [0.25, 0.3) is 0 Å². The second-order valence-corrected chi connectivity index (χ2v) is 6.14. The lowest BCUT2D eigenvalue weighted by molar-refractivity contribution is -0.129. The van der Waals surface area contributed by atoms with Gasteiger partial charge in [-0.15, -0.1) is 0 Å². The third-order valence-electron chi connectivity index (χ3n) is 4.32. The van der Waals surface area contributed by atoms with Crippen molar-refractivity contribution in [1.29, 1.82) is 0 Å². The minimum Gasteiger partial charge on any atom is -0.396 e. The third kappa shape index (κ3) is 2.99. The van der Waals surface area contributed by atoms with Crippen molar-refractivity contribution in [2.24, 2.45) is 11.3 Å². The summed E-state index contributed by atoms with van der Waals surface area (Å²) in [6, 6.07) is 0. The van der Waals surface area contributed by atoms with Crippen molar-refractivity contribution in [2.75, 3.05) is 39.8 Å². The second-order valence-electron chi connectivity index (χ2n) is 6.14. The van der Waals surface area contributed by atoms with E-state index < -0.39 is 0 Å². The van der Waals surface area contributed by atoms with Crippen LogP contribution in [0, 0.1) is 11.3 Å². The van der Waals surface area contributed by atoms with E-state index in [9.17, 15) is 4.79 Å². The molecule has 2 heterocycles. The Hall–Kier alpha value is -0.610. The number of aliphatic hydroxyl groups is 1. The summed E-state index contributed by atoms with van der Waals surface area (Å²) < 4.78 is 0. The zero-order chi connectivity index (χ0) is 12.5. The van der Waals surface area contributed by atoms with Gasteiger partial charge in [-0.1, -0.05) is 6.92 Å². The number of nitrogens with zero attached hydrogens (tertiary/aromatic N) is 2. The third-order valence-corrected chi connectivity index (χ3v) is 4.32. The molecule has 1 amide bonds. The highest BCUT2D eigenvalue weighted by Crippen LogP contribution is 2.33. The second kappa shape index (κ2) is 4.94. The lowest BCUT2D eigenvalue weighted by Gasteiger charge is -2.40. The number of rotatable bonds is 3. The van der Waals surface area contributed by atoms with Crippen LogP contribution in [0.2, 0.25) is 0 Å². The first kappa shape index (κ1) is 12.8. The standard InChI is InChI=1S/C13H24N2O2/c1-13(3-5-14(2)6-4-13)10-15-8-11(9-16)7-12(15)17/h11,16H,3-10H2,1-2H3. The van der Waals surface area contributed by atoms with Crippen LogP contribution < -0.4 is 0 Å². The summed E-state index contributed by atoms with van der Waals surface area (Å²) in [6.07, 6.45) is 2.86. The molecule has 0 radical (unpaired) electrons. The number of carbonyl (C=O) groups excluding carboxylic acids is 1. The monoisotopic (exact) mass is 240 g/mol. The first-order chi connectivity index (χ1) is 8.02. The van der Waals surface area contributed by atoms with Gasteiger partial charge in [0.05, 0.1) is 0 Å². The van der Waals surface area contributed by atoms with Crippen LogP contribution >= 0.6 is 0 Å². The summed E-state index contributed by atoms with van der Waals surface area (Å²) in [6.45, 7) is 6.31. The van der Waals surface area contributed by atoms with Crippen molar-refractivity contribution >= 4 is 5.91 Å². The Morgan fingerprint density at radius 1 is 1.41 bits per heavy atom. The number of hydrogen-bond donors (Lipinski definition) is 1. The SMILES string of the molecule is CN1CCC(C)(CN2CC(CO)CC2=O)CC1. The van der Waals surface area contributed by atoms with Crippen LogP contribution in [0.3, 0.4) is 0 Å². The zero-order valence-electron chi connectivity index (χ0n) is 11.0. The van der Waals surface area contributed by atoms with E-state index in [-0.39, 0.29) is 23.8 Å². The van der Waals surface area contributed by atoms with E-state index in [0.29, 0.717) is 6.42 Å². The lowest BCUT2D eigenvalue weighted by Crippen LogP contribution is -2.44. The molecule has 1 unspecified atom stereocenters. The van der Waals surface area contributed by atoms with Crippen LogP contribution in [0.15, 0.2) is 0 Å². The van der Waals surface area contributed by atoms with E-state index in [0.717, 1.165) is 39.0 Å². The van der Waals surface area contributed by atoms with Gasteiger partial charge in [-0.2, -0.15) is 0 Å². The topological polar surface area (TPSA) is 43.8 Å². The molecule has 0 bridgehead atoms. The predicted octanol–water partition coefficient (Wildman–Crippen LogP) is 0.559. The average molecular weight is 240 g/mol. The van der Waals surface area contributed by atoms with Gasteiger partial charge < -0.3 is 14.9 Å². The highest BCUT2D eigenvalue weighted by Gasteiger charge is 2.36. The fourth-order valence-electron chi connectivity index (χ4n) is 2.91. The number of carbonyl (C=O) groups is 1. The number of likely N-dealkylation sites (tertiary alicyclic amines) is 2. The smallest absolute Gasteiger partial charge is 0.223 e. The summed E-state index contributed by atoms with van der Waals surface area (Å²) in [5.41, 5.74) is 0.270. The van der Waals surface area contributed by atoms with Gasteiger partial charge in [-0.25, -0.2) is 0 Å². The molecule has 0 aromatic rings. The van der Waals surface area contributed by atoms with Gasteiger partial charge in [-0.05, 0) is 38.4 Å². The number of piperidine rings is 1. The molecule has 2 aliphatic heterocycles. The van der Waals surface area contributed by atoms with Gasteiger partial charge in [0, 0.05) is 32.0 Å². The van der Waals surface area contributed by atoms with E-state index in [2.05, 4.69) is 18.9 Å². The lowest BCUT2D eigenvalue weighted by atomic mass is 9.80. The Morgan fingerprint density at radius 2 is 2.06 bits per heavy atom. The molecule has 17 heavy (non-hydrogen) atoms. The summed E-state index contributed by atoms with van der Waals surface area (Å²) >= 11 is 0. The van der Waals surface area contributed by atoms with Crippen LogP contribution in [0.5, 0.6) is 0 Å². The molecule has 0 aliphatic carbocycles. The maximum atomic E-state index is 11.8. The molecular formula is C13H24N2O2. The molecule has 2 aliphatic rings. The van der Waals surface area contributed by atoms with Crippen LogP contribution in [0.4, 0.5) is 0 Å². The van der Waals surface area contributed by atoms with Crippen molar-refractivity contribution in [1.82, 2.24) is 9.80 Å². The summed E-state index contributed by atoms with van der Waals surface area (Å²) in [7, 11) is 2.16. The molecule has 4 heteroatoms. The summed E-state index contributed by atoms with van der Waals surface area (Å²) in [5, 5.41) is 9.12. The first-order valence-corrected chi connectivity index (χ1v) is 6.60. The van der Waals surface area contributed by atoms with Crippen LogP contribution in [0.1, 0.15) is 26.2 Å². The van der Waals surface area contributed by atoms with Gasteiger partial charge >= 0.3 is 0 Å². The molecule has 2 rings (SSSR count). The molecule has 1 N–H and O–H groups in total. The van der Waals surface area contributed by atoms with E-state index in [4.69, 9.17) is 5.11 Å². The fourth-order valence-corrected chi connectivity index (χ4v) is 2.91. The first-order valence-electron chi connectivity index (χ1n) is 6.60. The van der Waals surface area contributed by atoms with Crippen molar-refractivity contribution in [3.05, 3.63) is 0 Å². The Kier molecular flexibility index (Phi) is 3.73.